The van der Waals surface area contributed by atoms with E-state index < -0.39 is 11.6 Å². The quantitative estimate of drug-likeness (QED) is 0.819. The second-order valence-corrected chi connectivity index (χ2v) is 3.57. The Balaban J connectivity index is 2.42. The van der Waals surface area contributed by atoms with Crippen LogP contribution in [-0.2, 0) is 11.3 Å². The molecular weight excluding hydrogens is 244 g/mol. The Morgan fingerprint density at radius 1 is 1.33 bits per heavy atom. The predicted octanol–water partition coefficient (Wildman–Crippen LogP) is 0.847. The summed E-state index contributed by atoms with van der Waals surface area (Å²) >= 11 is 0. The van der Waals surface area contributed by atoms with Crippen molar-refractivity contribution in [2.24, 2.45) is 0 Å². The number of halogens is 2. The number of anilines is 1. The van der Waals surface area contributed by atoms with Gasteiger partial charge in [-0.05, 0) is 16.5 Å². The molecule has 6 nitrogen and oxygen atoms in total. The molecule has 0 bridgehead atoms. The summed E-state index contributed by atoms with van der Waals surface area (Å²) in [6, 6.07) is 1.87. The molecule has 0 saturated carbocycles. The molecule has 0 amide bonds. The van der Waals surface area contributed by atoms with Crippen LogP contribution in [0, 0.1) is 11.6 Å². The molecule has 0 spiro atoms. The topological polar surface area (TPSA) is 78.8 Å². The third-order valence-electron chi connectivity index (χ3n) is 2.37. The van der Waals surface area contributed by atoms with Gasteiger partial charge in [-0.25, -0.2) is 13.5 Å². The number of nitrogens with two attached hydrogens (primary N) is 1. The van der Waals surface area contributed by atoms with E-state index in [4.69, 9.17) is 10.5 Å². The highest BCUT2D eigenvalue weighted by atomic mass is 19.1. The van der Waals surface area contributed by atoms with Crippen molar-refractivity contribution in [2.75, 3.05) is 19.5 Å². The van der Waals surface area contributed by atoms with E-state index in [2.05, 4.69) is 15.5 Å². The number of hydrogen-bond donors (Lipinski definition) is 1. The first-order valence-corrected chi connectivity index (χ1v) is 5.13. The summed E-state index contributed by atoms with van der Waals surface area (Å²) in [4.78, 5) is 0. The minimum absolute atomic E-state index is 0.0509. The van der Waals surface area contributed by atoms with Crippen molar-refractivity contribution >= 4 is 5.69 Å². The molecule has 0 fully saturated rings. The largest absolute Gasteiger partial charge is 0.396 e. The summed E-state index contributed by atoms with van der Waals surface area (Å²) in [6.07, 6.45) is 0. The molecule has 18 heavy (non-hydrogen) atoms. The Hall–Kier alpha value is -2.09. The lowest BCUT2D eigenvalue weighted by Crippen LogP contribution is -2.08. The fourth-order valence-corrected chi connectivity index (χ4v) is 1.46. The van der Waals surface area contributed by atoms with E-state index >= 15 is 0 Å². The maximum absolute atomic E-state index is 13.7. The van der Waals surface area contributed by atoms with Crippen LogP contribution in [0.15, 0.2) is 12.1 Å². The molecule has 0 aliphatic rings. The maximum atomic E-state index is 13.7. The Bertz CT molecular complexity index is 557. The highest BCUT2D eigenvalue weighted by Crippen LogP contribution is 2.24. The van der Waals surface area contributed by atoms with Crippen molar-refractivity contribution in [3.05, 3.63) is 23.8 Å². The Morgan fingerprint density at radius 3 is 2.83 bits per heavy atom. The Kier molecular flexibility index (Phi) is 3.47. The number of tetrazole rings is 1. The van der Waals surface area contributed by atoms with Crippen molar-refractivity contribution in [3.63, 3.8) is 0 Å². The number of aromatic nitrogens is 4. The first-order chi connectivity index (χ1) is 8.63. The molecule has 0 radical (unpaired) electrons. The molecule has 1 aromatic heterocycles. The first kappa shape index (κ1) is 12.4. The highest BCUT2D eigenvalue weighted by molar-refractivity contribution is 5.62. The average Bonchev–Trinajstić information content (AvgIpc) is 2.79. The van der Waals surface area contributed by atoms with Gasteiger partial charge in [-0.15, -0.1) is 5.10 Å². The van der Waals surface area contributed by atoms with Crippen LogP contribution < -0.4 is 5.73 Å². The summed E-state index contributed by atoms with van der Waals surface area (Å²) in [7, 11) is 1.53. The van der Waals surface area contributed by atoms with Crippen LogP contribution in [0.2, 0.25) is 0 Å². The minimum Gasteiger partial charge on any atom is -0.396 e. The standard InChI is InChI=1S/C10H11F2N5O/c1-18-3-2-17-10(14-15-16-17)6-4-9(13)8(12)5-7(6)11/h4-5H,2-3,13H2,1H3. The number of benzene rings is 1. The summed E-state index contributed by atoms with van der Waals surface area (Å²) in [6.45, 7) is 0.728. The number of nitrogen functional groups attached to an aromatic ring is 1. The lowest BCUT2D eigenvalue weighted by molar-refractivity contribution is 0.183. The van der Waals surface area contributed by atoms with Crippen LogP contribution in [-0.4, -0.2) is 33.9 Å². The van der Waals surface area contributed by atoms with Crippen LogP contribution in [0.5, 0.6) is 0 Å². The van der Waals surface area contributed by atoms with Crippen molar-refractivity contribution in [2.45, 2.75) is 6.54 Å². The third kappa shape index (κ3) is 2.28. The van der Waals surface area contributed by atoms with Gasteiger partial charge in [-0.2, -0.15) is 0 Å². The summed E-state index contributed by atoms with van der Waals surface area (Å²) in [5.74, 6) is -1.40. The monoisotopic (exact) mass is 255 g/mol. The smallest absolute Gasteiger partial charge is 0.185 e. The Labute approximate surface area is 101 Å². The molecule has 0 aliphatic heterocycles. The molecule has 0 unspecified atom stereocenters. The van der Waals surface area contributed by atoms with Gasteiger partial charge in [0, 0.05) is 13.2 Å². The van der Waals surface area contributed by atoms with E-state index in [1.165, 1.54) is 17.9 Å². The SMILES string of the molecule is COCCn1nnnc1-c1cc(N)c(F)cc1F. The van der Waals surface area contributed by atoms with E-state index in [1.807, 2.05) is 0 Å². The fourth-order valence-electron chi connectivity index (χ4n) is 1.46. The number of methoxy groups -OCH3 is 1. The number of rotatable bonds is 4. The van der Waals surface area contributed by atoms with E-state index in [9.17, 15) is 8.78 Å². The molecule has 2 N–H and O–H groups in total. The lowest BCUT2D eigenvalue weighted by Gasteiger charge is -2.06. The van der Waals surface area contributed by atoms with Gasteiger partial charge in [0.05, 0.1) is 24.4 Å². The minimum atomic E-state index is -0.813. The predicted molar refractivity (Wildman–Crippen MR) is 59.5 cm³/mol. The number of nitrogens with zero attached hydrogens (tertiary/aromatic N) is 4. The van der Waals surface area contributed by atoms with Gasteiger partial charge in [0.2, 0.25) is 0 Å². The molecule has 1 aromatic carbocycles. The van der Waals surface area contributed by atoms with Gasteiger partial charge in [0.1, 0.15) is 11.6 Å². The molecule has 0 atom stereocenters. The van der Waals surface area contributed by atoms with Crippen LogP contribution in [0.1, 0.15) is 0 Å². The third-order valence-corrected chi connectivity index (χ3v) is 2.37. The van der Waals surface area contributed by atoms with Crippen molar-refractivity contribution in [1.82, 2.24) is 20.2 Å². The van der Waals surface area contributed by atoms with Crippen LogP contribution >= 0.6 is 0 Å². The van der Waals surface area contributed by atoms with Gasteiger partial charge < -0.3 is 10.5 Å². The van der Waals surface area contributed by atoms with Gasteiger partial charge in [-0.3, -0.25) is 0 Å². The fraction of sp³-hybridized carbons (Fsp3) is 0.300. The average molecular weight is 255 g/mol. The summed E-state index contributed by atoms with van der Waals surface area (Å²) < 4.78 is 33.0. The summed E-state index contributed by atoms with van der Waals surface area (Å²) in [5, 5.41) is 10.8. The zero-order chi connectivity index (χ0) is 13.1. The first-order valence-electron chi connectivity index (χ1n) is 5.13. The normalized spacial score (nSPS) is 10.8. The van der Waals surface area contributed by atoms with Gasteiger partial charge in [-0.1, -0.05) is 0 Å². The van der Waals surface area contributed by atoms with E-state index in [0.29, 0.717) is 19.2 Å². The maximum Gasteiger partial charge on any atom is 0.185 e. The zero-order valence-corrected chi connectivity index (χ0v) is 9.60. The van der Waals surface area contributed by atoms with Crippen molar-refractivity contribution in [3.8, 4) is 11.4 Å². The molecule has 0 saturated heterocycles. The highest BCUT2D eigenvalue weighted by Gasteiger charge is 2.16. The second-order valence-electron chi connectivity index (χ2n) is 3.57. The molecule has 8 heteroatoms. The van der Waals surface area contributed by atoms with E-state index in [-0.39, 0.29) is 17.1 Å². The van der Waals surface area contributed by atoms with E-state index in [0.717, 1.165) is 0 Å². The van der Waals surface area contributed by atoms with Crippen LogP contribution in [0.25, 0.3) is 11.4 Å². The lowest BCUT2D eigenvalue weighted by atomic mass is 10.1. The second kappa shape index (κ2) is 5.05. The molecular formula is C10H11F2N5O. The van der Waals surface area contributed by atoms with Crippen molar-refractivity contribution < 1.29 is 13.5 Å². The molecule has 2 rings (SSSR count). The zero-order valence-electron chi connectivity index (χ0n) is 9.60. The Morgan fingerprint density at radius 2 is 2.11 bits per heavy atom. The molecule has 1 heterocycles. The van der Waals surface area contributed by atoms with Crippen LogP contribution in [0.3, 0.4) is 0 Å². The van der Waals surface area contributed by atoms with Gasteiger partial charge in [0.15, 0.2) is 5.82 Å². The molecule has 96 valence electrons. The molecule has 0 aliphatic carbocycles. The summed E-state index contributed by atoms with van der Waals surface area (Å²) in [5.41, 5.74) is 5.29. The van der Waals surface area contributed by atoms with E-state index in [1.54, 1.807) is 0 Å². The van der Waals surface area contributed by atoms with Gasteiger partial charge >= 0.3 is 0 Å². The van der Waals surface area contributed by atoms with Gasteiger partial charge in [0.25, 0.3) is 0 Å². The number of ether oxygens (including phenoxy) is 1. The van der Waals surface area contributed by atoms with Crippen molar-refractivity contribution in [1.29, 1.82) is 0 Å². The van der Waals surface area contributed by atoms with Crippen LogP contribution in [0.4, 0.5) is 14.5 Å². The molecule has 2 aromatic rings. The number of hydrogen-bond acceptors (Lipinski definition) is 5.